The van der Waals surface area contributed by atoms with Gasteiger partial charge < -0.3 is 15.7 Å². The Balaban J connectivity index is 1.32. The molecular formula is C25H27N3O3S. The molecule has 0 aliphatic carbocycles. The molecule has 2 aromatic carbocycles. The van der Waals surface area contributed by atoms with Gasteiger partial charge in [-0.1, -0.05) is 42.5 Å². The topological polar surface area (TPSA) is 81.7 Å². The number of nitrogens with one attached hydrogen (secondary N) is 2. The number of benzene rings is 2. The van der Waals surface area contributed by atoms with Gasteiger partial charge in [-0.3, -0.25) is 14.5 Å². The smallest absolute Gasteiger partial charge is 0.265 e. The number of carbonyl (C=O) groups is 2. The van der Waals surface area contributed by atoms with Crippen LogP contribution < -0.4 is 10.6 Å². The van der Waals surface area contributed by atoms with Crippen molar-refractivity contribution in [3.63, 3.8) is 0 Å². The van der Waals surface area contributed by atoms with Crippen LogP contribution in [0.4, 0.5) is 5.69 Å². The number of aliphatic hydroxyl groups excluding tert-OH is 1. The van der Waals surface area contributed by atoms with Gasteiger partial charge in [-0.15, -0.1) is 11.3 Å². The lowest BCUT2D eigenvalue weighted by molar-refractivity contribution is 0.0792. The Bertz CT molecular complexity index is 1040. The lowest BCUT2D eigenvalue weighted by Crippen LogP contribution is -2.35. The Morgan fingerprint density at radius 2 is 1.66 bits per heavy atom. The van der Waals surface area contributed by atoms with Gasteiger partial charge in [-0.25, -0.2) is 0 Å². The van der Waals surface area contributed by atoms with Gasteiger partial charge in [0.1, 0.15) is 0 Å². The zero-order valence-electron chi connectivity index (χ0n) is 17.8. The molecule has 2 amide bonds. The van der Waals surface area contributed by atoms with Gasteiger partial charge in [-0.05, 0) is 47.5 Å². The van der Waals surface area contributed by atoms with Crippen molar-refractivity contribution in [2.45, 2.75) is 32.0 Å². The summed E-state index contributed by atoms with van der Waals surface area (Å²) < 4.78 is 0. The fraction of sp³-hybridized carbons (Fsp3) is 0.280. The van der Waals surface area contributed by atoms with Crippen LogP contribution in [0.15, 0.2) is 66.0 Å². The van der Waals surface area contributed by atoms with Crippen molar-refractivity contribution in [1.82, 2.24) is 10.2 Å². The van der Waals surface area contributed by atoms with Crippen LogP contribution in [0.25, 0.3) is 0 Å². The molecule has 0 bridgehead atoms. The van der Waals surface area contributed by atoms with Crippen molar-refractivity contribution in [2.24, 2.45) is 0 Å². The summed E-state index contributed by atoms with van der Waals surface area (Å²) in [5.41, 5.74) is 3.15. The normalized spacial score (nSPS) is 14.8. The lowest BCUT2D eigenvalue weighted by Gasteiger charge is -2.29. The molecule has 0 saturated carbocycles. The Morgan fingerprint density at radius 3 is 2.38 bits per heavy atom. The predicted molar refractivity (Wildman–Crippen MR) is 127 cm³/mol. The van der Waals surface area contributed by atoms with Gasteiger partial charge >= 0.3 is 0 Å². The maximum absolute atomic E-state index is 12.8. The van der Waals surface area contributed by atoms with Crippen molar-refractivity contribution in [2.75, 3.05) is 18.4 Å². The highest BCUT2D eigenvalue weighted by atomic mass is 32.1. The molecule has 1 fully saturated rings. The van der Waals surface area contributed by atoms with E-state index in [4.69, 9.17) is 0 Å². The summed E-state index contributed by atoms with van der Waals surface area (Å²) in [5, 5.41) is 17.3. The molecular weight excluding hydrogens is 422 g/mol. The number of hydrogen-bond donors (Lipinski definition) is 3. The number of anilines is 1. The minimum absolute atomic E-state index is 0.161. The maximum Gasteiger partial charge on any atom is 0.265 e. The Kier molecular flexibility index (Phi) is 7.32. The van der Waals surface area contributed by atoms with Crippen molar-refractivity contribution in [3.05, 3.63) is 87.6 Å². The molecule has 0 spiro atoms. The number of hydrogen-bond acceptors (Lipinski definition) is 5. The summed E-state index contributed by atoms with van der Waals surface area (Å²) in [7, 11) is 0. The van der Waals surface area contributed by atoms with E-state index in [1.807, 2.05) is 23.6 Å². The minimum atomic E-state index is -0.233. The highest BCUT2D eigenvalue weighted by Gasteiger charge is 2.17. The van der Waals surface area contributed by atoms with Crippen LogP contribution in [0, 0.1) is 0 Å². The highest BCUT2D eigenvalue weighted by molar-refractivity contribution is 7.12. The second-order valence-electron chi connectivity index (χ2n) is 7.98. The van der Waals surface area contributed by atoms with Gasteiger partial charge in [0.2, 0.25) is 0 Å². The Morgan fingerprint density at radius 1 is 0.938 bits per heavy atom. The van der Waals surface area contributed by atoms with E-state index in [0.29, 0.717) is 22.7 Å². The highest BCUT2D eigenvalue weighted by Crippen LogP contribution is 2.18. The first kappa shape index (κ1) is 22.2. The third-order valence-electron chi connectivity index (χ3n) is 5.60. The van der Waals surface area contributed by atoms with Crippen LogP contribution in [-0.2, 0) is 13.1 Å². The first-order chi connectivity index (χ1) is 15.6. The molecule has 3 aromatic rings. The van der Waals surface area contributed by atoms with Crippen LogP contribution in [0.3, 0.4) is 0 Å². The third-order valence-corrected chi connectivity index (χ3v) is 6.47. The first-order valence-electron chi connectivity index (χ1n) is 10.8. The number of nitrogens with zero attached hydrogens (tertiary/aromatic N) is 1. The van der Waals surface area contributed by atoms with E-state index in [1.54, 1.807) is 30.3 Å². The number of aliphatic hydroxyl groups is 1. The van der Waals surface area contributed by atoms with Crippen molar-refractivity contribution in [1.29, 1.82) is 0 Å². The molecule has 0 atom stereocenters. The molecule has 3 N–H and O–H groups in total. The van der Waals surface area contributed by atoms with Crippen LogP contribution >= 0.6 is 11.3 Å². The summed E-state index contributed by atoms with van der Waals surface area (Å²) in [6, 6.07) is 18.8. The van der Waals surface area contributed by atoms with Gasteiger partial charge in [-0.2, -0.15) is 0 Å². The van der Waals surface area contributed by atoms with E-state index in [9.17, 15) is 14.7 Å². The summed E-state index contributed by atoms with van der Waals surface area (Å²) in [6.07, 6.45) is 1.50. The number of piperidine rings is 1. The standard InChI is InChI=1S/C25H27N3O3S/c29-20-11-13-28(14-12-20)17-19-9-7-18(8-10-19)16-26-24(30)21-4-1-2-5-22(21)27-25(31)23-6-3-15-32-23/h1-10,15,20,29H,11-14,16-17H2,(H,26,30)(H,27,31). The summed E-state index contributed by atoms with van der Waals surface area (Å²) in [6.45, 7) is 3.11. The lowest BCUT2D eigenvalue weighted by atomic mass is 10.1. The molecule has 1 aliphatic rings. The van der Waals surface area contributed by atoms with E-state index < -0.39 is 0 Å². The van der Waals surface area contributed by atoms with Crippen LogP contribution in [0.2, 0.25) is 0 Å². The second-order valence-corrected chi connectivity index (χ2v) is 8.93. The van der Waals surface area contributed by atoms with Gasteiger partial charge in [0.05, 0.1) is 22.2 Å². The number of para-hydroxylation sites is 1. The SMILES string of the molecule is O=C(Nc1ccccc1C(=O)NCc1ccc(CN2CCC(O)CC2)cc1)c1cccs1. The van der Waals surface area contributed by atoms with Gasteiger partial charge in [0, 0.05) is 26.2 Å². The van der Waals surface area contributed by atoms with E-state index in [-0.39, 0.29) is 17.9 Å². The van der Waals surface area contributed by atoms with Gasteiger partial charge in [0.15, 0.2) is 0 Å². The number of rotatable bonds is 7. The maximum atomic E-state index is 12.8. The first-order valence-corrected chi connectivity index (χ1v) is 11.7. The molecule has 4 rings (SSSR count). The summed E-state index contributed by atoms with van der Waals surface area (Å²) in [5.74, 6) is -0.456. The van der Waals surface area contributed by atoms with Gasteiger partial charge in [0.25, 0.3) is 11.8 Å². The van der Waals surface area contributed by atoms with Crippen LogP contribution in [0.1, 0.15) is 44.0 Å². The zero-order chi connectivity index (χ0) is 22.3. The molecule has 2 heterocycles. The molecule has 1 saturated heterocycles. The quantitative estimate of drug-likeness (QED) is 0.511. The average Bonchev–Trinajstić information content (AvgIpc) is 3.36. The number of amides is 2. The van der Waals surface area contributed by atoms with Crippen molar-refractivity contribution >= 4 is 28.8 Å². The molecule has 32 heavy (non-hydrogen) atoms. The summed E-state index contributed by atoms with van der Waals surface area (Å²) in [4.78, 5) is 28.1. The van der Waals surface area contributed by atoms with E-state index in [2.05, 4.69) is 27.7 Å². The molecule has 1 aromatic heterocycles. The Labute approximate surface area is 191 Å². The zero-order valence-corrected chi connectivity index (χ0v) is 18.6. The summed E-state index contributed by atoms with van der Waals surface area (Å²) >= 11 is 1.36. The Hall–Kier alpha value is -3.00. The molecule has 166 valence electrons. The number of thiophene rings is 1. The van der Waals surface area contributed by atoms with E-state index in [1.165, 1.54) is 16.9 Å². The third kappa shape index (κ3) is 5.82. The largest absolute Gasteiger partial charge is 0.393 e. The molecule has 7 heteroatoms. The van der Waals surface area contributed by atoms with Crippen molar-refractivity contribution < 1.29 is 14.7 Å². The van der Waals surface area contributed by atoms with Crippen LogP contribution in [0.5, 0.6) is 0 Å². The van der Waals surface area contributed by atoms with E-state index >= 15 is 0 Å². The fourth-order valence-electron chi connectivity index (χ4n) is 3.76. The molecule has 6 nitrogen and oxygen atoms in total. The predicted octanol–water partition coefficient (Wildman–Crippen LogP) is 3.89. The molecule has 0 radical (unpaired) electrons. The second kappa shape index (κ2) is 10.5. The van der Waals surface area contributed by atoms with E-state index in [0.717, 1.165) is 38.0 Å². The minimum Gasteiger partial charge on any atom is -0.393 e. The van der Waals surface area contributed by atoms with Crippen LogP contribution in [-0.4, -0.2) is 41.0 Å². The van der Waals surface area contributed by atoms with Crippen molar-refractivity contribution in [3.8, 4) is 0 Å². The molecule has 0 unspecified atom stereocenters. The molecule has 1 aliphatic heterocycles. The fourth-order valence-corrected chi connectivity index (χ4v) is 4.38. The number of likely N-dealkylation sites (tertiary alicyclic amines) is 1. The monoisotopic (exact) mass is 449 g/mol. The number of carbonyl (C=O) groups excluding carboxylic acids is 2. The average molecular weight is 450 g/mol.